The lowest BCUT2D eigenvalue weighted by molar-refractivity contribution is -0.384. The highest BCUT2D eigenvalue weighted by Gasteiger charge is 2.25. The smallest absolute Gasteiger partial charge is 0.329 e. The zero-order valence-corrected chi connectivity index (χ0v) is 20.2. The standard InChI is InChI=1S/C25H25ClN8O2/c26-23-18(2-1-3-19(23)17-6-4-16(12-27)5-7-17)13-28-25-29-14-22(34(35)36)24(32-25)33-10-8-20-21(9-11-33)31-15-30-20/h1-7,14-15H,8-13,27H2,(H,30,31)(H,28,29,32). The van der Waals surface area contributed by atoms with Crippen LogP contribution in [0.2, 0.25) is 5.02 Å². The Kier molecular flexibility index (Phi) is 6.79. The summed E-state index contributed by atoms with van der Waals surface area (Å²) in [4.78, 5) is 29.4. The molecule has 0 bridgehead atoms. The normalized spacial score (nSPS) is 13.2. The summed E-state index contributed by atoms with van der Waals surface area (Å²) in [6.07, 6.45) is 4.32. The zero-order chi connectivity index (χ0) is 25.1. The molecule has 0 atom stereocenters. The molecule has 184 valence electrons. The van der Waals surface area contributed by atoms with Crippen molar-refractivity contribution >= 4 is 29.1 Å². The Balaban J connectivity index is 1.36. The van der Waals surface area contributed by atoms with Gasteiger partial charge in [-0.3, -0.25) is 10.1 Å². The molecular formula is C25H25ClN8O2. The summed E-state index contributed by atoms with van der Waals surface area (Å²) < 4.78 is 0. The first-order valence-corrected chi connectivity index (χ1v) is 12.0. The lowest BCUT2D eigenvalue weighted by atomic mass is 10.0. The van der Waals surface area contributed by atoms with Gasteiger partial charge in [-0.2, -0.15) is 4.98 Å². The van der Waals surface area contributed by atoms with Gasteiger partial charge < -0.3 is 20.9 Å². The number of hydrogen-bond acceptors (Lipinski definition) is 8. The number of benzene rings is 2. The highest BCUT2D eigenvalue weighted by molar-refractivity contribution is 6.34. The van der Waals surface area contributed by atoms with Gasteiger partial charge in [0, 0.05) is 50.3 Å². The molecule has 1 aliphatic rings. The second-order valence-electron chi connectivity index (χ2n) is 8.51. The van der Waals surface area contributed by atoms with E-state index in [4.69, 9.17) is 17.3 Å². The predicted octanol–water partition coefficient (Wildman–Crippen LogP) is 4.10. The van der Waals surface area contributed by atoms with E-state index < -0.39 is 4.92 Å². The molecule has 0 fully saturated rings. The van der Waals surface area contributed by atoms with E-state index >= 15 is 0 Å². The second-order valence-corrected chi connectivity index (χ2v) is 8.89. The number of hydrogen-bond donors (Lipinski definition) is 3. The monoisotopic (exact) mass is 504 g/mol. The first-order chi connectivity index (χ1) is 17.5. The minimum Gasteiger partial charge on any atom is -0.350 e. The summed E-state index contributed by atoms with van der Waals surface area (Å²) in [5.41, 5.74) is 11.4. The van der Waals surface area contributed by atoms with E-state index in [1.807, 2.05) is 47.4 Å². The minimum atomic E-state index is -0.447. The third-order valence-corrected chi connectivity index (χ3v) is 6.77. The molecule has 2 aromatic heterocycles. The maximum Gasteiger partial charge on any atom is 0.329 e. The molecule has 0 radical (unpaired) electrons. The SMILES string of the molecule is NCc1ccc(-c2cccc(CNc3ncc([N+](=O)[O-])c(N4CCc5nc[nH]c5CC4)n3)c2Cl)cc1. The molecule has 2 aromatic carbocycles. The fourth-order valence-corrected chi connectivity index (χ4v) is 4.64. The molecule has 4 N–H and O–H groups in total. The summed E-state index contributed by atoms with van der Waals surface area (Å²) in [6.45, 7) is 2.00. The van der Waals surface area contributed by atoms with Crippen LogP contribution in [-0.4, -0.2) is 37.9 Å². The summed E-state index contributed by atoms with van der Waals surface area (Å²) >= 11 is 6.74. The molecule has 0 saturated carbocycles. The first-order valence-electron chi connectivity index (χ1n) is 11.6. The average molecular weight is 505 g/mol. The van der Waals surface area contributed by atoms with Gasteiger partial charge in [0.1, 0.15) is 6.20 Å². The van der Waals surface area contributed by atoms with E-state index in [0.717, 1.165) is 33.6 Å². The van der Waals surface area contributed by atoms with Crippen LogP contribution in [0.1, 0.15) is 22.5 Å². The van der Waals surface area contributed by atoms with E-state index in [-0.39, 0.29) is 5.69 Å². The van der Waals surface area contributed by atoms with Crippen molar-refractivity contribution in [2.24, 2.45) is 5.73 Å². The number of fused-ring (bicyclic) bond motifs is 1. The molecule has 0 saturated heterocycles. The Morgan fingerprint density at radius 3 is 2.72 bits per heavy atom. The minimum absolute atomic E-state index is 0.125. The van der Waals surface area contributed by atoms with Crippen LogP contribution < -0.4 is 16.0 Å². The number of H-pyrrole nitrogens is 1. The summed E-state index contributed by atoms with van der Waals surface area (Å²) in [7, 11) is 0. The first kappa shape index (κ1) is 23.7. The molecular weight excluding hydrogens is 480 g/mol. The van der Waals surface area contributed by atoms with Gasteiger partial charge in [0.05, 0.1) is 22.0 Å². The number of halogens is 1. The number of imidazole rings is 1. The van der Waals surface area contributed by atoms with Crippen molar-refractivity contribution < 1.29 is 4.92 Å². The van der Waals surface area contributed by atoms with Crippen molar-refractivity contribution in [1.82, 2.24) is 19.9 Å². The zero-order valence-electron chi connectivity index (χ0n) is 19.4. The Labute approximate surface area is 212 Å². The van der Waals surface area contributed by atoms with Crippen LogP contribution in [-0.2, 0) is 25.9 Å². The maximum atomic E-state index is 11.7. The molecule has 4 aromatic rings. The number of anilines is 2. The van der Waals surface area contributed by atoms with Crippen molar-refractivity contribution in [1.29, 1.82) is 0 Å². The van der Waals surface area contributed by atoms with Crippen LogP contribution in [0.5, 0.6) is 0 Å². The average Bonchev–Trinajstić information content (AvgIpc) is 3.26. The lowest BCUT2D eigenvalue weighted by Crippen LogP contribution is -2.28. The number of nitrogens with one attached hydrogen (secondary N) is 2. The number of aromatic nitrogens is 4. The van der Waals surface area contributed by atoms with Gasteiger partial charge in [0.25, 0.3) is 0 Å². The van der Waals surface area contributed by atoms with Gasteiger partial charge >= 0.3 is 5.69 Å². The maximum absolute atomic E-state index is 11.7. The molecule has 10 nitrogen and oxygen atoms in total. The fourth-order valence-electron chi connectivity index (χ4n) is 4.34. The van der Waals surface area contributed by atoms with Crippen molar-refractivity contribution in [2.75, 3.05) is 23.3 Å². The van der Waals surface area contributed by atoms with Gasteiger partial charge in [0.2, 0.25) is 11.8 Å². The quantitative estimate of drug-likeness (QED) is 0.252. The molecule has 0 spiro atoms. The Morgan fingerprint density at radius 2 is 1.94 bits per heavy atom. The van der Waals surface area contributed by atoms with Gasteiger partial charge in [-0.25, -0.2) is 9.97 Å². The molecule has 1 aliphatic heterocycles. The van der Waals surface area contributed by atoms with Crippen LogP contribution in [0.3, 0.4) is 0 Å². The second kappa shape index (κ2) is 10.3. The van der Waals surface area contributed by atoms with Crippen molar-refractivity contribution in [3.05, 3.63) is 92.6 Å². The van der Waals surface area contributed by atoms with Gasteiger partial charge in [-0.05, 0) is 16.7 Å². The van der Waals surface area contributed by atoms with Gasteiger partial charge in [0.15, 0.2) is 0 Å². The summed E-state index contributed by atoms with van der Waals surface area (Å²) in [5, 5.41) is 15.5. The number of aromatic amines is 1. The molecule has 11 heteroatoms. The van der Waals surface area contributed by atoms with Crippen molar-refractivity contribution in [3.63, 3.8) is 0 Å². The number of nitro groups is 1. The van der Waals surface area contributed by atoms with Crippen LogP contribution in [0.4, 0.5) is 17.5 Å². The van der Waals surface area contributed by atoms with E-state index in [2.05, 4.69) is 25.3 Å². The molecule has 0 aliphatic carbocycles. The molecule has 3 heterocycles. The van der Waals surface area contributed by atoms with E-state index in [1.54, 1.807) is 6.33 Å². The Morgan fingerprint density at radius 1 is 1.14 bits per heavy atom. The van der Waals surface area contributed by atoms with E-state index in [9.17, 15) is 10.1 Å². The number of nitrogens with zero attached hydrogens (tertiary/aromatic N) is 5. The lowest BCUT2D eigenvalue weighted by Gasteiger charge is -2.21. The Bertz CT molecular complexity index is 1370. The van der Waals surface area contributed by atoms with Crippen LogP contribution in [0.25, 0.3) is 11.1 Å². The number of rotatable bonds is 7. The fraction of sp³-hybridized carbons (Fsp3) is 0.240. The topological polar surface area (TPSA) is 139 Å². The summed E-state index contributed by atoms with van der Waals surface area (Å²) in [5.74, 6) is 0.591. The molecule has 36 heavy (non-hydrogen) atoms. The van der Waals surface area contributed by atoms with Crippen LogP contribution >= 0.6 is 11.6 Å². The highest BCUT2D eigenvalue weighted by Crippen LogP contribution is 2.32. The van der Waals surface area contributed by atoms with Crippen LogP contribution in [0, 0.1) is 10.1 Å². The van der Waals surface area contributed by atoms with E-state index in [1.165, 1.54) is 6.20 Å². The van der Waals surface area contributed by atoms with Crippen LogP contribution in [0.15, 0.2) is 55.0 Å². The molecule has 0 amide bonds. The Hall–Kier alpha value is -4.02. The van der Waals surface area contributed by atoms with Crippen molar-refractivity contribution in [3.8, 4) is 11.1 Å². The molecule has 5 rings (SSSR count). The highest BCUT2D eigenvalue weighted by atomic mass is 35.5. The van der Waals surface area contributed by atoms with Gasteiger partial charge in [-0.15, -0.1) is 0 Å². The van der Waals surface area contributed by atoms with E-state index in [0.29, 0.717) is 55.8 Å². The number of nitrogens with two attached hydrogens (primary N) is 1. The van der Waals surface area contributed by atoms with Crippen molar-refractivity contribution in [2.45, 2.75) is 25.9 Å². The predicted molar refractivity (Wildman–Crippen MR) is 139 cm³/mol. The molecule has 0 unspecified atom stereocenters. The summed E-state index contributed by atoms with van der Waals surface area (Å²) in [6, 6.07) is 13.8. The largest absolute Gasteiger partial charge is 0.350 e. The van der Waals surface area contributed by atoms with Gasteiger partial charge in [-0.1, -0.05) is 54.1 Å². The third kappa shape index (κ3) is 4.86. The third-order valence-electron chi connectivity index (χ3n) is 6.32.